The number of rotatable bonds is 7. The molecule has 0 fully saturated rings. The molecule has 1 aromatic heterocycles. The molecule has 17 heavy (non-hydrogen) atoms. The number of nitrogens with zero attached hydrogens (tertiary/aromatic N) is 4. The highest BCUT2D eigenvalue weighted by molar-refractivity contribution is 5.84. The van der Waals surface area contributed by atoms with Crippen LogP contribution < -0.4 is 0 Å². The van der Waals surface area contributed by atoms with Crippen LogP contribution in [0.2, 0.25) is 0 Å². The Balaban J connectivity index is 2.50. The summed E-state index contributed by atoms with van der Waals surface area (Å²) in [5.41, 5.74) is -0.00316. The smallest absolute Gasteiger partial charge is 0.358 e. The van der Waals surface area contributed by atoms with Crippen LogP contribution >= 0.6 is 0 Å². The second kappa shape index (κ2) is 6.34. The third-order valence-corrected chi connectivity index (χ3v) is 2.62. The van der Waals surface area contributed by atoms with Gasteiger partial charge in [0.05, 0.1) is 12.7 Å². The summed E-state index contributed by atoms with van der Waals surface area (Å²) < 4.78 is 1.58. The van der Waals surface area contributed by atoms with Gasteiger partial charge in [0, 0.05) is 12.6 Å². The molecule has 6 heteroatoms. The van der Waals surface area contributed by atoms with E-state index in [-0.39, 0.29) is 5.69 Å². The number of carboxylic acids is 1. The van der Waals surface area contributed by atoms with Crippen molar-refractivity contribution in [2.24, 2.45) is 0 Å². The molecule has 1 heterocycles. The molecule has 0 unspecified atom stereocenters. The van der Waals surface area contributed by atoms with E-state index >= 15 is 0 Å². The first-order valence-electron chi connectivity index (χ1n) is 5.92. The standard InChI is InChI=1S/C11H20N4O2/c1-4-5-14(9(2)3)6-7-15-8-10(11(16)17)12-13-15/h8-9H,4-7H2,1-3H3,(H,16,17). The largest absolute Gasteiger partial charge is 0.476 e. The second-order valence-electron chi connectivity index (χ2n) is 4.30. The van der Waals surface area contributed by atoms with Crippen LogP contribution in [0.25, 0.3) is 0 Å². The normalized spacial score (nSPS) is 11.4. The minimum Gasteiger partial charge on any atom is -0.476 e. The Bertz CT molecular complexity index is 362. The van der Waals surface area contributed by atoms with Gasteiger partial charge in [-0.2, -0.15) is 0 Å². The molecule has 0 bridgehead atoms. The van der Waals surface area contributed by atoms with E-state index in [1.807, 2.05) is 0 Å². The molecule has 0 aliphatic rings. The zero-order chi connectivity index (χ0) is 12.8. The molecule has 0 amide bonds. The van der Waals surface area contributed by atoms with Crippen LogP contribution in [0.15, 0.2) is 6.20 Å². The SMILES string of the molecule is CCCN(CCn1cc(C(=O)O)nn1)C(C)C. The van der Waals surface area contributed by atoms with E-state index in [0.717, 1.165) is 19.5 Å². The van der Waals surface area contributed by atoms with Gasteiger partial charge < -0.3 is 5.11 Å². The summed E-state index contributed by atoms with van der Waals surface area (Å²) in [6.45, 7) is 9.01. The molecule has 96 valence electrons. The van der Waals surface area contributed by atoms with Crippen molar-refractivity contribution in [2.45, 2.75) is 39.8 Å². The molecule has 0 radical (unpaired) electrons. The molecule has 0 spiro atoms. The van der Waals surface area contributed by atoms with Crippen molar-refractivity contribution >= 4 is 5.97 Å². The first-order chi connectivity index (χ1) is 8.04. The Kier molecular flexibility index (Phi) is 5.09. The maximum atomic E-state index is 10.6. The van der Waals surface area contributed by atoms with Gasteiger partial charge in [-0.05, 0) is 26.8 Å². The third-order valence-electron chi connectivity index (χ3n) is 2.62. The van der Waals surface area contributed by atoms with Crippen molar-refractivity contribution in [3.63, 3.8) is 0 Å². The lowest BCUT2D eigenvalue weighted by Crippen LogP contribution is -2.34. The summed E-state index contributed by atoms with van der Waals surface area (Å²) in [6.07, 6.45) is 2.57. The number of aromatic carboxylic acids is 1. The predicted molar refractivity (Wildman–Crippen MR) is 64.0 cm³/mol. The highest BCUT2D eigenvalue weighted by atomic mass is 16.4. The molecule has 0 saturated heterocycles. The highest BCUT2D eigenvalue weighted by Crippen LogP contribution is 2.01. The van der Waals surface area contributed by atoms with E-state index in [0.29, 0.717) is 12.6 Å². The molecular formula is C11H20N4O2. The fraction of sp³-hybridized carbons (Fsp3) is 0.727. The average Bonchev–Trinajstić information content (AvgIpc) is 2.72. The lowest BCUT2D eigenvalue weighted by Gasteiger charge is -2.25. The van der Waals surface area contributed by atoms with Crippen molar-refractivity contribution in [1.29, 1.82) is 0 Å². The van der Waals surface area contributed by atoms with E-state index < -0.39 is 5.97 Å². The van der Waals surface area contributed by atoms with Gasteiger partial charge in [0.15, 0.2) is 5.69 Å². The summed E-state index contributed by atoms with van der Waals surface area (Å²) in [7, 11) is 0. The van der Waals surface area contributed by atoms with Crippen molar-refractivity contribution in [2.75, 3.05) is 13.1 Å². The van der Waals surface area contributed by atoms with Crippen LogP contribution in [-0.2, 0) is 6.54 Å². The first kappa shape index (κ1) is 13.6. The molecule has 0 aliphatic heterocycles. The van der Waals surface area contributed by atoms with E-state index in [9.17, 15) is 4.79 Å². The maximum Gasteiger partial charge on any atom is 0.358 e. The minimum atomic E-state index is -1.04. The van der Waals surface area contributed by atoms with Crippen molar-refractivity contribution < 1.29 is 9.90 Å². The van der Waals surface area contributed by atoms with E-state index in [1.165, 1.54) is 6.20 Å². The summed E-state index contributed by atoms with van der Waals surface area (Å²) in [5, 5.41) is 16.1. The minimum absolute atomic E-state index is 0.00316. The van der Waals surface area contributed by atoms with Crippen LogP contribution in [0.1, 0.15) is 37.7 Å². The van der Waals surface area contributed by atoms with Gasteiger partial charge in [0.25, 0.3) is 0 Å². The predicted octanol–water partition coefficient (Wildman–Crippen LogP) is 1.10. The molecular weight excluding hydrogens is 220 g/mol. The van der Waals surface area contributed by atoms with Gasteiger partial charge in [0.2, 0.25) is 0 Å². The fourth-order valence-electron chi connectivity index (χ4n) is 1.65. The van der Waals surface area contributed by atoms with Gasteiger partial charge in [0.1, 0.15) is 0 Å². The van der Waals surface area contributed by atoms with Crippen molar-refractivity contribution in [3.8, 4) is 0 Å². The second-order valence-corrected chi connectivity index (χ2v) is 4.30. The monoisotopic (exact) mass is 240 g/mol. The van der Waals surface area contributed by atoms with Crippen LogP contribution in [-0.4, -0.2) is 50.1 Å². The zero-order valence-electron chi connectivity index (χ0n) is 10.6. The molecule has 1 rings (SSSR count). The van der Waals surface area contributed by atoms with E-state index in [2.05, 4.69) is 36.0 Å². The Morgan fingerprint density at radius 3 is 2.71 bits per heavy atom. The number of hydrogen-bond donors (Lipinski definition) is 1. The van der Waals surface area contributed by atoms with Crippen LogP contribution in [0.5, 0.6) is 0 Å². The molecule has 1 aromatic rings. The van der Waals surface area contributed by atoms with Gasteiger partial charge in [-0.25, -0.2) is 4.79 Å². The lowest BCUT2D eigenvalue weighted by molar-refractivity contribution is 0.0690. The lowest BCUT2D eigenvalue weighted by atomic mass is 10.3. The fourth-order valence-corrected chi connectivity index (χ4v) is 1.65. The van der Waals surface area contributed by atoms with Gasteiger partial charge in [-0.3, -0.25) is 9.58 Å². The molecule has 0 aliphatic carbocycles. The van der Waals surface area contributed by atoms with Crippen LogP contribution in [0.3, 0.4) is 0 Å². The van der Waals surface area contributed by atoms with Crippen LogP contribution in [0.4, 0.5) is 0 Å². The summed E-state index contributed by atoms with van der Waals surface area (Å²) in [5.74, 6) is -1.04. The summed E-state index contributed by atoms with van der Waals surface area (Å²) in [6, 6.07) is 0.484. The summed E-state index contributed by atoms with van der Waals surface area (Å²) in [4.78, 5) is 13.0. The number of carbonyl (C=O) groups is 1. The average molecular weight is 240 g/mol. The highest BCUT2D eigenvalue weighted by Gasteiger charge is 2.11. The van der Waals surface area contributed by atoms with E-state index in [1.54, 1.807) is 4.68 Å². The van der Waals surface area contributed by atoms with Gasteiger partial charge in [-0.15, -0.1) is 5.10 Å². The molecule has 6 nitrogen and oxygen atoms in total. The van der Waals surface area contributed by atoms with Gasteiger partial charge >= 0.3 is 5.97 Å². The Morgan fingerprint density at radius 1 is 1.53 bits per heavy atom. The molecule has 0 atom stereocenters. The Hall–Kier alpha value is -1.43. The van der Waals surface area contributed by atoms with E-state index in [4.69, 9.17) is 5.11 Å². The Morgan fingerprint density at radius 2 is 2.24 bits per heavy atom. The third kappa shape index (κ3) is 4.14. The molecule has 0 saturated carbocycles. The van der Waals surface area contributed by atoms with Crippen LogP contribution in [0, 0.1) is 0 Å². The summed E-state index contributed by atoms with van der Waals surface area (Å²) >= 11 is 0. The van der Waals surface area contributed by atoms with Crippen molar-refractivity contribution in [1.82, 2.24) is 19.9 Å². The number of hydrogen-bond acceptors (Lipinski definition) is 4. The number of carboxylic acid groups (broad SMARTS) is 1. The van der Waals surface area contributed by atoms with Crippen molar-refractivity contribution in [3.05, 3.63) is 11.9 Å². The number of aromatic nitrogens is 3. The maximum absolute atomic E-state index is 10.6. The topological polar surface area (TPSA) is 71.2 Å². The molecule has 1 N–H and O–H groups in total. The first-order valence-corrected chi connectivity index (χ1v) is 5.92. The van der Waals surface area contributed by atoms with Gasteiger partial charge in [-0.1, -0.05) is 12.1 Å². The zero-order valence-corrected chi connectivity index (χ0v) is 10.6. The molecule has 0 aromatic carbocycles. The Labute approximate surface area is 101 Å². The quantitative estimate of drug-likeness (QED) is 0.772.